The SMILES string of the molecule is CCCC(CC(C)(C)OC(=O)NCc1ccc2c(c1)N=C(N)C(C)O2)NC(=O)OC(C)(C)CC(C)C. The van der Waals surface area contributed by atoms with Crippen LogP contribution in [0.1, 0.15) is 86.6 Å². The molecule has 9 nitrogen and oxygen atoms in total. The summed E-state index contributed by atoms with van der Waals surface area (Å²) in [5.41, 5.74) is 6.00. The van der Waals surface area contributed by atoms with Gasteiger partial charge in [0, 0.05) is 19.0 Å². The highest BCUT2D eigenvalue weighted by Gasteiger charge is 2.30. The molecule has 0 aromatic heterocycles. The Balaban J connectivity index is 1.90. The number of carbonyl (C=O) groups excluding carboxylic acids is 2. The normalized spacial score (nSPS) is 16.4. The van der Waals surface area contributed by atoms with E-state index in [2.05, 4.69) is 29.5 Å². The Hall–Kier alpha value is -2.97. The second-order valence-electron chi connectivity index (χ2n) is 11.2. The molecule has 2 unspecified atom stereocenters. The van der Waals surface area contributed by atoms with E-state index in [9.17, 15) is 9.59 Å². The third-order valence-corrected chi connectivity index (χ3v) is 5.76. The molecule has 2 rings (SSSR count). The predicted molar refractivity (Wildman–Crippen MR) is 142 cm³/mol. The molecule has 0 fully saturated rings. The second kappa shape index (κ2) is 12.3. The summed E-state index contributed by atoms with van der Waals surface area (Å²) in [5.74, 6) is 1.48. The lowest BCUT2D eigenvalue weighted by molar-refractivity contribution is 0.0117. The van der Waals surface area contributed by atoms with Crippen LogP contribution in [0.4, 0.5) is 15.3 Å². The Bertz CT molecular complexity index is 942. The lowest BCUT2D eigenvalue weighted by Gasteiger charge is -2.32. The summed E-state index contributed by atoms with van der Waals surface area (Å²) >= 11 is 0. The molecule has 2 amide bonds. The fraction of sp³-hybridized carbons (Fsp3) is 0.667. The van der Waals surface area contributed by atoms with E-state index in [1.165, 1.54) is 0 Å². The molecule has 0 saturated heterocycles. The number of hydrogen-bond donors (Lipinski definition) is 3. The van der Waals surface area contributed by atoms with Crippen LogP contribution in [0.2, 0.25) is 0 Å². The summed E-state index contributed by atoms with van der Waals surface area (Å²) in [6.45, 7) is 15.8. The number of ether oxygens (including phenoxy) is 3. The molecule has 4 N–H and O–H groups in total. The molecule has 2 atom stereocenters. The molecular formula is C27H44N4O5. The number of amides is 2. The summed E-state index contributed by atoms with van der Waals surface area (Å²) in [4.78, 5) is 29.5. The fourth-order valence-electron chi connectivity index (χ4n) is 4.48. The summed E-state index contributed by atoms with van der Waals surface area (Å²) in [5, 5.41) is 5.75. The summed E-state index contributed by atoms with van der Waals surface area (Å²) in [6, 6.07) is 5.32. The lowest BCUT2D eigenvalue weighted by atomic mass is 9.95. The average Bonchev–Trinajstić information content (AvgIpc) is 2.71. The molecule has 1 aromatic carbocycles. The molecule has 9 heteroatoms. The zero-order valence-electron chi connectivity index (χ0n) is 23.1. The van der Waals surface area contributed by atoms with E-state index in [0.29, 0.717) is 29.6 Å². The zero-order valence-corrected chi connectivity index (χ0v) is 23.1. The Morgan fingerprint density at radius 1 is 1.11 bits per heavy atom. The van der Waals surface area contributed by atoms with Crippen LogP contribution in [-0.2, 0) is 16.0 Å². The van der Waals surface area contributed by atoms with E-state index < -0.39 is 23.4 Å². The number of benzene rings is 1. The molecule has 202 valence electrons. The van der Waals surface area contributed by atoms with Crippen molar-refractivity contribution in [2.75, 3.05) is 0 Å². The highest BCUT2D eigenvalue weighted by molar-refractivity contribution is 5.89. The first-order valence-electron chi connectivity index (χ1n) is 12.8. The first kappa shape index (κ1) is 29.3. The molecule has 0 bridgehead atoms. The minimum atomic E-state index is -0.802. The van der Waals surface area contributed by atoms with Gasteiger partial charge in [0.2, 0.25) is 0 Å². The number of hydrogen-bond acceptors (Lipinski definition) is 7. The minimum absolute atomic E-state index is 0.188. The van der Waals surface area contributed by atoms with Crippen molar-refractivity contribution in [2.45, 2.75) is 111 Å². The van der Waals surface area contributed by atoms with Crippen molar-refractivity contribution >= 4 is 23.7 Å². The van der Waals surface area contributed by atoms with Crippen LogP contribution in [0.3, 0.4) is 0 Å². The highest BCUT2D eigenvalue weighted by atomic mass is 16.6. The van der Waals surface area contributed by atoms with Crippen LogP contribution >= 0.6 is 0 Å². The highest BCUT2D eigenvalue weighted by Crippen LogP contribution is 2.32. The van der Waals surface area contributed by atoms with Crippen LogP contribution in [0.5, 0.6) is 5.75 Å². The summed E-state index contributed by atoms with van der Waals surface area (Å²) < 4.78 is 17.1. The Kier molecular flexibility index (Phi) is 10.0. The van der Waals surface area contributed by atoms with Gasteiger partial charge in [0.25, 0.3) is 0 Å². The van der Waals surface area contributed by atoms with Gasteiger partial charge in [-0.1, -0.05) is 33.3 Å². The largest absolute Gasteiger partial charge is 0.481 e. The molecule has 1 aromatic rings. The number of fused-ring (bicyclic) bond motifs is 1. The fourth-order valence-corrected chi connectivity index (χ4v) is 4.48. The maximum atomic E-state index is 12.6. The second-order valence-corrected chi connectivity index (χ2v) is 11.2. The van der Waals surface area contributed by atoms with Gasteiger partial charge in [-0.3, -0.25) is 0 Å². The average molecular weight is 505 g/mol. The third kappa shape index (κ3) is 9.59. The Labute approximate surface area is 215 Å². The van der Waals surface area contributed by atoms with Crippen LogP contribution in [-0.4, -0.2) is 41.4 Å². The van der Waals surface area contributed by atoms with Gasteiger partial charge in [-0.15, -0.1) is 0 Å². The first-order valence-corrected chi connectivity index (χ1v) is 12.8. The van der Waals surface area contributed by atoms with Crippen molar-refractivity contribution in [3.8, 4) is 5.75 Å². The van der Waals surface area contributed by atoms with Crippen molar-refractivity contribution in [3.05, 3.63) is 23.8 Å². The van der Waals surface area contributed by atoms with E-state index in [1.54, 1.807) is 0 Å². The number of rotatable bonds is 11. The summed E-state index contributed by atoms with van der Waals surface area (Å²) in [7, 11) is 0. The maximum Gasteiger partial charge on any atom is 0.407 e. The standard InChI is InChI=1S/C27H44N4O5/c1-9-10-20(30-25(33)36-26(5,6)14-17(2)3)15-27(7,8)35-24(32)29-16-19-11-12-22-21(13-19)31-23(28)18(4)34-22/h11-13,17-18,20H,9-10,14-16H2,1-8H3,(H2,28,31)(H,29,32)(H,30,33). The molecule has 1 aliphatic heterocycles. The Morgan fingerprint density at radius 2 is 1.75 bits per heavy atom. The van der Waals surface area contributed by atoms with E-state index in [1.807, 2.05) is 59.7 Å². The van der Waals surface area contributed by atoms with Gasteiger partial charge in [-0.25, -0.2) is 14.6 Å². The van der Waals surface area contributed by atoms with Crippen molar-refractivity contribution < 1.29 is 23.8 Å². The van der Waals surface area contributed by atoms with Gasteiger partial charge in [0.05, 0.1) is 0 Å². The van der Waals surface area contributed by atoms with E-state index in [4.69, 9.17) is 19.9 Å². The van der Waals surface area contributed by atoms with Crippen LogP contribution < -0.4 is 21.1 Å². The predicted octanol–water partition coefficient (Wildman–Crippen LogP) is 5.57. The topological polar surface area (TPSA) is 124 Å². The van der Waals surface area contributed by atoms with Crippen molar-refractivity contribution in [3.63, 3.8) is 0 Å². The first-order chi connectivity index (χ1) is 16.7. The number of amidine groups is 1. The monoisotopic (exact) mass is 504 g/mol. The number of nitrogens with zero attached hydrogens (tertiary/aromatic N) is 1. The third-order valence-electron chi connectivity index (χ3n) is 5.76. The van der Waals surface area contributed by atoms with Crippen LogP contribution in [0.25, 0.3) is 0 Å². The van der Waals surface area contributed by atoms with Crippen LogP contribution in [0, 0.1) is 5.92 Å². The molecule has 1 aliphatic rings. The van der Waals surface area contributed by atoms with Gasteiger partial charge in [0.1, 0.15) is 28.5 Å². The van der Waals surface area contributed by atoms with E-state index >= 15 is 0 Å². The quantitative estimate of drug-likeness (QED) is 0.362. The van der Waals surface area contributed by atoms with E-state index in [0.717, 1.165) is 24.8 Å². The number of alkyl carbamates (subject to hydrolysis) is 2. The lowest BCUT2D eigenvalue weighted by Crippen LogP contribution is -2.45. The van der Waals surface area contributed by atoms with E-state index in [-0.39, 0.29) is 18.7 Å². The molecular weight excluding hydrogens is 460 g/mol. The molecule has 0 aliphatic carbocycles. The minimum Gasteiger partial charge on any atom is -0.481 e. The molecule has 36 heavy (non-hydrogen) atoms. The van der Waals surface area contributed by atoms with Crippen LogP contribution in [0.15, 0.2) is 23.2 Å². The smallest absolute Gasteiger partial charge is 0.407 e. The number of nitrogens with two attached hydrogens (primary N) is 1. The molecule has 0 radical (unpaired) electrons. The molecule has 0 saturated carbocycles. The molecule has 1 heterocycles. The van der Waals surface area contributed by atoms with Gasteiger partial charge in [-0.05, 0) is 71.1 Å². The van der Waals surface area contributed by atoms with Gasteiger partial charge >= 0.3 is 12.2 Å². The van der Waals surface area contributed by atoms with Crippen molar-refractivity contribution in [2.24, 2.45) is 16.6 Å². The van der Waals surface area contributed by atoms with Crippen molar-refractivity contribution in [1.82, 2.24) is 10.6 Å². The van der Waals surface area contributed by atoms with Gasteiger partial charge < -0.3 is 30.6 Å². The summed E-state index contributed by atoms with van der Waals surface area (Å²) in [6.07, 6.45) is 1.58. The van der Waals surface area contributed by atoms with Gasteiger partial charge in [-0.2, -0.15) is 0 Å². The number of aliphatic imine (C=N–C) groups is 1. The molecule has 0 spiro atoms. The Morgan fingerprint density at radius 3 is 2.39 bits per heavy atom. The number of nitrogens with one attached hydrogen (secondary N) is 2. The number of carbonyl (C=O) groups is 2. The zero-order chi connectivity index (χ0) is 27.1. The maximum absolute atomic E-state index is 12.6. The van der Waals surface area contributed by atoms with Gasteiger partial charge in [0.15, 0.2) is 6.10 Å². The van der Waals surface area contributed by atoms with Crippen molar-refractivity contribution in [1.29, 1.82) is 0 Å².